The Kier molecular flexibility index (Phi) is 4.97. The van der Waals surface area contributed by atoms with Gasteiger partial charge in [0.15, 0.2) is 8.32 Å². The van der Waals surface area contributed by atoms with E-state index in [2.05, 4.69) is 47.0 Å². The van der Waals surface area contributed by atoms with E-state index in [4.69, 9.17) is 4.43 Å². The third kappa shape index (κ3) is 3.93. The molecular weight excluding hydrogens is 204 g/mol. The maximum atomic E-state index is 9.65. The SMILES string of the molecule is C=C[C@H](O[Si](C)(C)C(C)(C)C)[C@@H](O)C=C. The first kappa shape index (κ1) is 14.6. The van der Waals surface area contributed by atoms with E-state index in [1.807, 2.05) is 0 Å². The van der Waals surface area contributed by atoms with Crippen molar-refractivity contribution < 1.29 is 9.53 Å². The highest BCUT2D eigenvalue weighted by Crippen LogP contribution is 2.37. The largest absolute Gasteiger partial charge is 0.408 e. The quantitative estimate of drug-likeness (QED) is 0.579. The lowest BCUT2D eigenvalue weighted by Crippen LogP contribution is -2.46. The fourth-order valence-electron chi connectivity index (χ4n) is 0.908. The normalized spacial score (nSPS) is 16.9. The number of hydrogen-bond acceptors (Lipinski definition) is 2. The molecule has 0 rings (SSSR count). The Bertz CT molecular complexity index is 228. The van der Waals surface area contributed by atoms with Crippen molar-refractivity contribution in [1.82, 2.24) is 0 Å². The molecule has 0 saturated carbocycles. The Hall–Kier alpha value is -0.383. The van der Waals surface area contributed by atoms with Crippen molar-refractivity contribution in [1.29, 1.82) is 0 Å². The van der Waals surface area contributed by atoms with Crippen LogP contribution in [-0.4, -0.2) is 25.6 Å². The molecule has 0 aliphatic carbocycles. The molecule has 0 unspecified atom stereocenters. The van der Waals surface area contributed by atoms with Gasteiger partial charge in [-0.05, 0) is 18.1 Å². The zero-order chi connectivity index (χ0) is 12.3. The van der Waals surface area contributed by atoms with Crippen molar-refractivity contribution >= 4 is 8.32 Å². The molecule has 3 heteroatoms. The van der Waals surface area contributed by atoms with Crippen molar-refractivity contribution in [3.05, 3.63) is 25.3 Å². The molecule has 0 aliphatic heterocycles. The van der Waals surface area contributed by atoms with Crippen molar-refractivity contribution in [2.45, 2.75) is 51.1 Å². The molecule has 88 valence electrons. The predicted octanol–water partition coefficient (Wildman–Crippen LogP) is 3.11. The van der Waals surface area contributed by atoms with Crippen molar-refractivity contribution in [2.75, 3.05) is 0 Å². The van der Waals surface area contributed by atoms with Crippen molar-refractivity contribution in [3.8, 4) is 0 Å². The van der Waals surface area contributed by atoms with Gasteiger partial charge in [0.2, 0.25) is 0 Å². The summed E-state index contributed by atoms with van der Waals surface area (Å²) in [6.07, 6.45) is 2.12. The molecule has 0 fully saturated rings. The van der Waals surface area contributed by atoms with Crippen LogP contribution in [-0.2, 0) is 4.43 Å². The van der Waals surface area contributed by atoms with E-state index in [0.717, 1.165) is 0 Å². The van der Waals surface area contributed by atoms with Crippen LogP contribution in [0.25, 0.3) is 0 Å². The van der Waals surface area contributed by atoms with Gasteiger partial charge in [-0.2, -0.15) is 0 Å². The average Bonchev–Trinajstić information content (AvgIpc) is 2.11. The van der Waals surface area contributed by atoms with Crippen LogP contribution in [0.15, 0.2) is 25.3 Å². The van der Waals surface area contributed by atoms with Gasteiger partial charge in [-0.3, -0.25) is 0 Å². The minimum atomic E-state index is -1.85. The first-order valence-electron chi connectivity index (χ1n) is 5.26. The van der Waals surface area contributed by atoms with Crippen LogP contribution in [0.3, 0.4) is 0 Å². The smallest absolute Gasteiger partial charge is 0.193 e. The highest BCUT2D eigenvalue weighted by molar-refractivity contribution is 6.74. The molecule has 0 radical (unpaired) electrons. The number of aliphatic hydroxyl groups is 1. The first-order chi connectivity index (χ1) is 6.65. The van der Waals surface area contributed by atoms with Gasteiger partial charge < -0.3 is 9.53 Å². The van der Waals surface area contributed by atoms with Crippen molar-refractivity contribution in [2.24, 2.45) is 0 Å². The van der Waals surface area contributed by atoms with Gasteiger partial charge >= 0.3 is 0 Å². The fraction of sp³-hybridized carbons (Fsp3) is 0.667. The molecule has 2 atom stereocenters. The number of hydrogen-bond donors (Lipinski definition) is 1. The molecule has 2 nitrogen and oxygen atoms in total. The third-order valence-corrected chi connectivity index (χ3v) is 7.52. The standard InChI is InChI=1S/C12H24O2Si/c1-8-10(13)11(9-2)14-15(6,7)12(3,4)5/h8-11,13H,1-2H2,3-7H3/t10-,11-/m0/s1. The van der Waals surface area contributed by atoms with Crippen LogP contribution in [0.5, 0.6) is 0 Å². The van der Waals surface area contributed by atoms with Crippen LogP contribution in [0.1, 0.15) is 20.8 Å². The Morgan fingerprint density at radius 1 is 1.20 bits per heavy atom. The summed E-state index contributed by atoms with van der Waals surface area (Å²) in [6.45, 7) is 18.0. The monoisotopic (exact) mass is 228 g/mol. The van der Waals surface area contributed by atoms with E-state index in [-0.39, 0.29) is 11.1 Å². The second-order valence-corrected chi connectivity index (χ2v) is 10.1. The van der Waals surface area contributed by atoms with E-state index < -0.39 is 14.4 Å². The minimum Gasteiger partial charge on any atom is -0.408 e. The lowest BCUT2D eigenvalue weighted by atomic mass is 10.2. The molecular formula is C12H24O2Si. The predicted molar refractivity (Wildman–Crippen MR) is 68.5 cm³/mol. The Morgan fingerprint density at radius 2 is 1.67 bits per heavy atom. The minimum absolute atomic E-state index is 0.134. The molecule has 0 spiro atoms. The van der Waals surface area contributed by atoms with E-state index in [0.29, 0.717) is 0 Å². The fourth-order valence-corrected chi connectivity index (χ4v) is 2.18. The van der Waals surface area contributed by atoms with Gasteiger partial charge in [0.05, 0.1) is 6.10 Å². The summed E-state index contributed by atoms with van der Waals surface area (Å²) in [5.41, 5.74) is 0. The van der Waals surface area contributed by atoms with Gasteiger partial charge in [-0.1, -0.05) is 32.9 Å². The van der Waals surface area contributed by atoms with E-state index >= 15 is 0 Å². The van der Waals surface area contributed by atoms with Crippen LogP contribution >= 0.6 is 0 Å². The molecule has 0 aliphatic rings. The Morgan fingerprint density at radius 3 is 1.93 bits per heavy atom. The number of aliphatic hydroxyl groups excluding tert-OH is 1. The summed E-state index contributed by atoms with van der Waals surface area (Å²) >= 11 is 0. The summed E-state index contributed by atoms with van der Waals surface area (Å²) in [6, 6.07) is 0. The highest BCUT2D eigenvalue weighted by atomic mass is 28.4. The molecule has 0 aromatic heterocycles. The first-order valence-corrected chi connectivity index (χ1v) is 8.17. The summed E-state index contributed by atoms with van der Waals surface area (Å²) in [7, 11) is -1.85. The van der Waals surface area contributed by atoms with E-state index in [9.17, 15) is 5.11 Å². The maximum absolute atomic E-state index is 9.65. The molecule has 0 heterocycles. The topological polar surface area (TPSA) is 29.5 Å². The van der Waals surface area contributed by atoms with Gasteiger partial charge in [-0.15, -0.1) is 13.2 Å². The van der Waals surface area contributed by atoms with Gasteiger partial charge in [0, 0.05) is 0 Å². The summed E-state index contributed by atoms with van der Waals surface area (Å²) in [4.78, 5) is 0. The third-order valence-electron chi connectivity index (χ3n) is 3.05. The Labute approximate surface area is 94.8 Å². The molecule has 0 amide bonds. The lowest BCUT2D eigenvalue weighted by molar-refractivity contribution is 0.0879. The van der Waals surface area contributed by atoms with Gasteiger partial charge in [-0.25, -0.2) is 0 Å². The molecule has 0 aromatic rings. The Balaban J connectivity index is 4.68. The van der Waals surface area contributed by atoms with Gasteiger partial charge in [0.1, 0.15) is 6.10 Å². The zero-order valence-corrected chi connectivity index (χ0v) is 11.6. The molecule has 0 aromatic carbocycles. The highest BCUT2D eigenvalue weighted by Gasteiger charge is 2.39. The van der Waals surface area contributed by atoms with Gasteiger partial charge in [0.25, 0.3) is 0 Å². The molecule has 0 bridgehead atoms. The van der Waals surface area contributed by atoms with Crippen molar-refractivity contribution in [3.63, 3.8) is 0 Å². The zero-order valence-electron chi connectivity index (χ0n) is 10.6. The second-order valence-electron chi connectivity index (χ2n) is 5.30. The van der Waals surface area contributed by atoms with Crippen LogP contribution in [0, 0.1) is 0 Å². The average molecular weight is 228 g/mol. The van der Waals surface area contributed by atoms with Crippen LogP contribution in [0.4, 0.5) is 0 Å². The summed E-state index contributed by atoms with van der Waals surface area (Å²) in [5, 5.41) is 9.79. The molecule has 0 saturated heterocycles. The summed E-state index contributed by atoms with van der Waals surface area (Å²) < 4.78 is 6.00. The maximum Gasteiger partial charge on any atom is 0.193 e. The second kappa shape index (κ2) is 5.10. The molecule has 15 heavy (non-hydrogen) atoms. The van der Waals surface area contributed by atoms with E-state index in [1.165, 1.54) is 6.08 Å². The molecule has 1 N–H and O–H groups in total. The van der Waals surface area contributed by atoms with E-state index in [1.54, 1.807) is 6.08 Å². The number of rotatable bonds is 5. The van der Waals surface area contributed by atoms with Crippen LogP contribution in [0.2, 0.25) is 18.1 Å². The van der Waals surface area contributed by atoms with Crippen LogP contribution < -0.4 is 0 Å². The summed E-state index contributed by atoms with van der Waals surface area (Å²) in [5.74, 6) is 0. The lowest BCUT2D eigenvalue weighted by Gasteiger charge is -2.39.